The standard InChI is InChI=1S/C20H16Cl2N2O3S/c1-27-10-15-18(19(25)26)28-20-23-16(11-2-6-13(21)7-3-11)17(24(15)20)12-4-8-14(22)9-5-12/h2-9,16-17H,10H2,1H3,(H,25,26)/t16-,17?/m0/s1. The highest BCUT2D eigenvalue weighted by Crippen LogP contribution is 2.51. The molecule has 0 radical (unpaired) electrons. The minimum absolute atomic E-state index is 0.186. The van der Waals surface area contributed by atoms with E-state index in [0.717, 1.165) is 22.9 Å². The van der Waals surface area contributed by atoms with Gasteiger partial charge in [0.1, 0.15) is 10.9 Å². The summed E-state index contributed by atoms with van der Waals surface area (Å²) < 4.78 is 5.30. The zero-order valence-corrected chi connectivity index (χ0v) is 17.1. The molecule has 2 aliphatic rings. The summed E-state index contributed by atoms with van der Waals surface area (Å²) >= 11 is 13.3. The molecule has 4 rings (SSSR count). The zero-order chi connectivity index (χ0) is 19.8. The van der Waals surface area contributed by atoms with Gasteiger partial charge in [-0.25, -0.2) is 4.79 Å². The van der Waals surface area contributed by atoms with Gasteiger partial charge < -0.3 is 14.7 Å². The van der Waals surface area contributed by atoms with Crippen molar-refractivity contribution in [3.63, 3.8) is 0 Å². The first-order valence-electron chi connectivity index (χ1n) is 8.51. The minimum atomic E-state index is -0.980. The van der Waals surface area contributed by atoms with Crippen LogP contribution in [0, 0.1) is 0 Å². The van der Waals surface area contributed by atoms with Crippen molar-refractivity contribution >= 4 is 46.1 Å². The average Bonchev–Trinajstić information content (AvgIpc) is 3.21. The van der Waals surface area contributed by atoms with Crippen LogP contribution in [0.15, 0.2) is 64.1 Å². The van der Waals surface area contributed by atoms with Gasteiger partial charge in [0, 0.05) is 17.2 Å². The van der Waals surface area contributed by atoms with Crippen LogP contribution in [0.3, 0.4) is 0 Å². The van der Waals surface area contributed by atoms with Crippen molar-refractivity contribution in [2.45, 2.75) is 12.1 Å². The lowest BCUT2D eigenvalue weighted by molar-refractivity contribution is -0.131. The number of nitrogens with zero attached hydrogens (tertiary/aromatic N) is 2. The maximum absolute atomic E-state index is 11.7. The number of halogens is 2. The summed E-state index contributed by atoms with van der Waals surface area (Å²) in [5.74, 6) is -0.980. The SMILES string of the molecule is COCC1=C(C(=O)O)SC2=N[C@@H](c3ccc(Cl)cc3)C(c3ccc(Cl)cc3)N21. The Balaban J connectivity index is 1.83. The van der Waals surface area contributed by atoms with E-state index in [2.05, 4.69) is 0 Å². The number of hydrogen-bond acceptors (Lipinski definition) is 5. The predicted octanol–water partition coefficient (Wildman–Crippen LogP) is 5.14. The summed E-state index contributed by atoms with van der Waals surface area (Å²) in [6.45, 7) is 0.186. The molecule has 0 saturated carbocycles. The maximum Gasteiger partial charge on any atom is 0.344 e. The summed E-state index contributed by atoms with van der Waals surface area (Å²) in [7, 11) is 1.55. The number of thioether (sulfide) groups is 1. The molecule has 2 aliphatic heterocycles. The Kier molecular flexibility index (Phi) is 5.38. The van der Waals surface area contributed by atoms with Crippen LogP contribution in [0.2, 0.25) is 10.0 Å². The van der Waals surface area contributed by atoms with Crippen molar-refractivity contribution < 1.29 is 14.6 Å². The van der Waals surface area contributed by atoms with Crippen molar-refractivity contribution in [1.82, 2.24) is 4.90 Å². The molecular formula is C20H16Cl2N2O3S. The number of ether oxygens (including phenoxy) is 1. The van der Waals surface area contributed by atoms with E-state index in [1.807, 2.05) is 53.4 Å². The van der Waals surface area contributed by atoms with Crippen LogP contribution in [0.25, 0.3) is 0 Å². The number of hydrogen-bond donors (Lipinski definition) is 1. The number of benzene rings is 2. The third kappa shape index (κ3) is 3.42. The first-order chi connectivity index (χ1) is 13.5. The number of methoxy groups -OCH3 is 1. The molecule has 28 heavy (non-hydrogen) atoms. The average molecular weight is 435 g/mol. The van der Waals surface area contributed by atoms with Gasteiger partial charge in [-0.15, -0.1) is 0 Å². The van der Waals surface area contributed by atoms with E-state index in [1.165, 1.54) is 0 Å². The van der Waals surface area contributed by atoms with Gasteiger partial charge in [0.2, 0.25) is 0 Å². The lowest BCUT2D eigenvalue weighted by atomic mass is 9.93. The maximum atomic E-state index is 11.7. The summed E-state index contributed by atoms with van der Waals surface area (Å²) in [6.07, 6.45) is 0. The van der Waals surface area contributed by atoms with Crippen molar-refractivity contribution in [3.8, 4) is 0 Å². The fourth-order valence-electron chi connectivity index (χ4n) is 3.48. The lowest BCUT2D eigenvalue weighted by Crippen LogP contribution is -2.29. The van der Waals surface area contributed by atoms with Gasteiger partial charge in [0.15, 0.2) is 5.17 Å². The van der Waals surface area contributed by atoms with Crippen molar-refractivity contribution in [1.29, 1.82) is 0 Å². The number of carbonyl (C=O) groups is 1. The normalized spacial score (nSPS) is 21.1. The second kappa shape index (κ2) is 7.79. The summed E-state index contributed by atoms with van der Waals surface area (Å²) in [6, 6.07) is 14.7. The van der Waals surface area contributed by atoms with Crippen LogP contribution in [0.4, 0.5) is 0 Å². The number of carboxylic acids is 1. The Labute approximate surface area is 176 Å². The van der Waals surface area contributed by atoms with Gasteiger partial charge in [0.05, 0.1) is 18.3 Å². The number of amidine groups is 1. The predicted molar refractivity (Wildman–Crippen MR) is 112 cm³/mol. The van der Waals surface area contributed by atoms with Crippen LogP contribution in [-0.4, -0.2) is 34.9 Å². The molecule has 1 unspecified atom stereocenters. The van der Waals surface area contributed by atoms with E-state index in [9.17, 15) is 9.90 Å². The number of aliphatic imine (C=N–C) groups is 1. The second-order valence-electron chi connectivity index (χ2n) is 6.39. The molecule has 144 valence electrons. The third-order valence-electron chi connectivity index (χ3n) is 4.68. The molecule has 5 nitrogen and oxygen atoms in total. The van der Waals surface area contributed by atoms with E-state index < -0.39 is 5.97 Å². The highest BCUT2D eigenvalue weighted by Gasteiger charge is 2.46. The van der Waals surface area contributed by atoms with Crippen molar-refractivity contribution in [2.24, 2.45) is 4.99 Å². The van der Waals surface area contributed by atoms with Crippen LogP contribution in [0.1, 0.15) is 23.2 Å². The van der Waals surface area contributed by atoms with Crippen molar-refractivity contribution in [2.75, 3.05) is 13.7 Å². The third-order valence-corrected chi connectivity index (χ3v) is 6.28. The molecule has 0 bridgehead atoms. The second-order valence-corrected chi connectivity index (χ2v) is 8.24. The van der Waals surface area contributed by atoms with E-state index in [1.54, 1.807) is 7.11 Å². The topological polar surface area (TPSA) is 62.1 Å². The Hall–Kier alpha value is -1.99. The molecule has 2 aromatic carbocycles. The molecule has 0 amide bonds. The molecule has 0 aromatic heterocycles. The fourth-order valence-corrected chi connectivity index (χ4v) is 4.76. The summed E-state index contributed by atoms with van der Waals surface area (Å²) in [5, 5.41) is 11.6. The quantitative estimate of drug-likeness (QED) is 0.705. The zero-order valence-electron chi connectivity index (χ0n) is 14.8. The number of carboxylic acid groups (broad SMARTS) is 1. The van der Waals surface area contributed by atoms with Gasteiger partial charge in [-0.2, -0.15) is 0 Å². The monoisotopic (exact) mass is 434 g/mol. The number of rotatable bonds is 5. The van der Waals surface area contributed by atoms with E-state index in [-0.39, 0.29) is 23.6 Å². The number of aliphatic carboxylic acids is 1. The molecule has 0 saturated heterocycles. The van der Waals surface area contributed by atoms with Crippen LogP contribution in [-0.2, 0) is 9.53 Å². The molecule has 2 atom stereocenters. The Morgan fingerprint density at radius 2 is 1.68 bits per heavy atom. The lowest BCUT2D eigenvalue weighted by Gasteiger charge is -2.29. The molecule has 1 N–H and O–H groups in total. The molecule has 0 fully saturated rings. The highest BCUT2D eigenvalue weighted by molar-refractivity contribution is 8.18. The van der Waals surface area contributed by atoms with Gasteiger partial charge in [-0.05, 0) is 47.2 Å². The molecule has 0 aliphatic carbocycles. The largest absolute Gasteiger partial charge is 0.477 e. The first-order valence-corrected chi connectivity index (χ1v) is 10.1. The van der Waals surface area contributed by atoms with E-state index in [4.69, 9.17) is 32.9 Å². The van der Waals surface area contributed by atoms with E-state index in [0.29, 0.717) is 20.9 Å². The first kappa shape index (κ1) is 19.3. The summed E-state index contributed by atoms with van der Waals surface area (Å²) in [4.78, 5) is 18.8. The number of fused-ring (bicyclic) bond motifs is 1. The molecule has 2 heterocycles. The minimum Gasteiger partial charge on any atom is -0.477 e. The molecular weight excluding hydrogens is 419 g/mol. The van der Waals surface area contributed by atoms with Gasteiger partial charge >= 0.3 is 5.97 Å². The summed E-state index contributed by atoms with van der Waals surface area (Å²) in [5.41, 5.74) is 2.60. The molecule has 2 aromatic rings. The van der Waals surface area contributed by atoms with Gasteiger partial charge in [-0.1, -0.05) is 47.5 Å². The van der Waals surface area contributed by atoms with Gasteiger partial charge in [-0.3, -0.25) is 4.99 Å². The molecule has 8 heteroatoms. The van der Waals surface area contributed by atoms with Gasteiger partial charge in [0.25, 0.3) is 0 Å². The van der Waals surface area contributed by atoms with Crippen molar-refractivity contribution in [3.05, 3.63) is 80.3 Å². The van der Waals surface area contributed by atoms with Crippen LogP contribution in [0.5, 0.6) is 0 Å². The smallest absolute Gasteiger partial charge is 0.344 e. The fraction of sp³-hybridized carbons (Fsp3) is 0.200. The van der Waals surface area contributed by atoms with Crippen LogP contribution >= 0.6 is 35.0 Å². The Morgan fingerprint density at radius 1 is 1.11 bits per heavy atom. The Bertz CT molecular complexity index is 974. The van der Waals surface area contributed by atoms with Crippen LogP contribution < -0.4 is 0 Å². The molecule has 0 spiro atoms. The Morgan fingerprint density at radius 3 is 2.21 bits per heavy atom. The van der Waals surface area contributed by atoms with E-state index >= 15 is 0 Å². The highest BCUT2D eigenvalue weighted by atomic mass is 35.5.